The third kappa shape index (κ3) is 15.3. The zero-order valence-corrected chi connectivity index (χ0v) is 41.3. The minimum Gasteiger partial charge on any atom is -0.374 e. The minimum absolute atomic E-state index is 0.108. The second-order valence-electron chi connectivity index (χ2n) is 18.2. The van der Waals surface area contributed by atoms with Gasteiger partial charge in [-0.1, -0.05) is 217 Å². The van der Waals surface area contributed by atoms with E-state index in [1.54, 1.807) is 0 Å². The Balaban J connectivity index is 1.05. The summed E-state index contributed by atoms with van der Waals surface area (Å²) in [7, 11) is 0. The molecule has 2 saturated heterocycles. The van der Waals surface area contributed by atoms with E-state index in [2.05, 4.69) is 10.0 Å². The molecule has 2 heterocycles. The first kappa shape index (κ1) is 52.3. The van der Waals surface area contributed by atoms with Gasteiger partial charge >= 0.3 is 0 Å². The van der Waals surface area contributed by atoms with Crippen LogP contribution in [-0.2, 0) is 93.6 Å². The SMILES string of the molecule is [N-]=[N+]=N[C@H]1[C@@H](OC[C@H]2O[C@@H](OCc3ccccc3)[C@H](OCc3ccccc3)[C@@H](OCc3ccccc3)[C@@H]2OCc2ccccc2)O[C@H](COCc2ccccc2)[C@H](OCc2ccccc2)[C@@H]1OCc1ccccc1. The van der Waals surface area contributed by atoms with Gasteiger partial charge in [-0.3, -0.25) is 0 Å². The predicted molar refractivity (Wildman–Crippen MR) is 279 cm³/mol. The van der Waals surface area contributed by atoms with Crippen LogP contribution in [0.15, 0.2) is 217 Å². The van der Waals surface area contributed by atoms with Crippen molar-refractivity contribution < 1.29 is 47.4 Å². The molecule has 0 radical (unpaired) electrons. The van der Waals surface area contributed by atoms with Crippen molar-refractivity contribution in [2.45, 2.75) is 108 Å². The average molecular weight is 998 g/mol. The van der Waals surface area contributed by atoms with Gasteiger partial charge in [-0.25, -0.2) is 0 Å². The lowest BCUT2D eigenvalue weighted by Gasteiger charge is -2.47. The summed E-state index contributed by atoms with van der Waals surface area (Å²) in [6, 6.07) is 68.4. The molecule has 7 aromatic carbocycles. The van der Waals surface area contributed by atoms with E-state index >= 15 is 0 Å². The second kappa shape index (κ2) is 28.2. The molecule has 2 aliphatic heterocycles. The molecule has 0 aliphatic carbocycles. The molecule has 7 aromatic rings. The van der Waals surface area contributed by atoms with Crippen molar-refractivity contribution in [3.05, 3.63) is 262 Å². The van der Waals surface area contributed by atoms with Gasteiger partial charge in [0.2, 0.25) is 0 Å². The van der Waals surface area contributed by atoms with Crippen LogP contribution in [0.25, 0.3) is 10.4 Å². The molecule has 2 fully saturated rings. The normalized spacial score (nSPS) is 23.7. The minimum atomic E-state index is -1.16. The number of azide groups is 1. The number of nitrogens with zero attached hydrogens (tertiary/aromatic N) is 3. The first-order valence-electron chi connectivity index (χ1n) is 25.2. The number of hydrogen-bond acceptors (Lipinski definition) is 11. The molecule has 74 heavy (non-hydrogen) atoms. The van der Waals surface area contributed by atoms with Gasteiger partial charge in [-0.15, -0.1) is 0 Å². The Hall–Kier alpha value is -6.55. The van der Waals surface area contributed by atoms with E-state index in [9.17, 15) is 5.53 Å². The Morgan fingerprint density at radius 2 is 0.635 bits per heavy atom. The maximum atomic E-state index is 10.3. The molecule has 13 heteroatoms. The first-order chi connectivity index (χ1) is 36.7. The fourth-order valence-electron chi connectivity index (χ4n) is 9.10. The van der Waals surface area contributed by atoms with Crippen LogP contribution in [0.3, 0.4) is 0 Å². The largest absolute Gasteiger partial charge is 0.374 e. The molecule has 0 unspecified atom stereocenters. The Morgan fingerprint density at radius 1 is 0.324 bits per heavy atom. The van der Waals surface area contributed by atoms with Crippen LogP contribution in [0, 0.1) is 0 Å². The molecule has 0 bridgehead atoms. The lowest BCUT2D eigenvalue weighted by molar-refractivity contribution is -0.342. The molecule has 0 spiro atoms. The molecule has 2 aliphatic rings. The van der Waals surface area contributed by atoms with Gasteiger partial charge in [0, 0.05) is 4.91 Å². The lowest BCUT2D eigenvalue weighted by Crippen LogP contribution is -2.63. The summed E-state index contributed by atoms with van der Waals surface area (Å²) in [6.45, 7) is 1.73. The van der Waals surface area contributed by atoms with Crippen LogP contribution in [0.2, 0.25) is 0 Å². The summed E-state index contributed by atoms with van der Waals surface area (Å²) in [5.41, 5.74) is 17.0. The smallest absolute Gasteiger partial charge is 0.187 e. The topological polar surface area (TPSA) is 141 Å². The highest BCUT2D eigenvalue weighted by molar-refractivity contribution is 5.19. The molecule has 382 valence electrons. The highest BCUT2D eigenvalue weighted by Gasteiger charge is 2.52. The Morgan fingerprint density at radius 3 is 1.04 bits per heavy atom. The van der Waals surface area contributed by atoms with E-state index < -0.39 is 61.3 Å². The third-order valence-corrected chi connectivity index (χ3v) is 12.9. The fraction of sp³-hybridized carbons (Fsp3) is 0.311. The maximum absolute atomic E-state index is 10.3. The van der Waals surface area contributed by atoms with E-state index in [-0.39, 0.29) is 52.9 Å². The molecular formula is C61H63N3O10. The highest BCUT2D eigenvalue weighted by Crippen LogP contribution is 2.35. The van der Waals surface area contributed by atoms with Crippen molar-refractivity contribution in [1.82, 2.24) is 0 Å². The summed E-state index contributed by atoms with van der Waals surface area (Å²) >= 11 is 0. The molecule has 0 amide bonds. The molecule has 10 atom stereocenters. The van der Waals surface area contributed by atoms with Gasteiger partial charge < -0.3 is 47.4 Å². The van der Waals surface area contributed by atoms with Crippen LogP contribution >= 0.6 is 0 Å². The number of benzene rings is 7. The number of hydrogen-bond donors (Lipinski definition) is 0. The van der Waals surface area contributed by atoms with Crippen molar-refractivity contribution in [3.63, 3.8) is 0 Å². The van der Waals surface area contributed by atoms with E-state index in [0.717, 1.165) is 38.9 Å². The van der Waals surface area contributed by atoms with Crippen LogP contribution in [0.1, 0.15) is 38.9 Å². The molecule has 0 saturated carbocycles. The first-order valence-corrected chi connectivity index (χ1v) is 25.2. The zero-order valence-electron chi connectivity index (χ0n) is 41.3. The Labute approximate surface area is 433 Å². The third-order valence-electron chi connectivity index (χ3n) is 12.9. The van der Waals surface area contributed by atoms with Gasteiger partial charge in [0.05, 0.1) is 59.5 Å². The highest BCUT2D eigenvalue weighted by atomic mass is 16.7. The molecular weight excluding hydrogens is 935 g/mol. The second-order valence-corrected chi connectivity index (χ2v) is 18.2. The van der Waals surface area contributed by atoms with Gasteiger partial charge in [0.25, 0.3) is 0 Å². The van der Waals surface area contributed by atoms with Crippen molar-refractivity contribution in [2.75, 3.05) is 13.2 Å². The van der Waals surface area contributed by atoms with Crippen molar-refractivity contribution in [3.8, 4) is 0 Å². The van der Waals surface area contributed by atoms with E-state index in [0.29, 0.717) is 6.61 Å². The summed E-state index contributed by atoms with van der Waals surface area (Å²) in [4.78, 5) is 3.34. The molecule has 13 nitrogen and oxygen atoms in total. The zero-order chi connectivity index (χ0) is 50.4. The van der Waals surface area contributed by atoms with Gasteiger partial charge in [-0.05, 0) is 44.5 Å². The van der Waals surface area contributed by atoms with Crippen LogP contribution in [-0.4, -0.2) is 74.6 Å². The average Bonchev–Trinajstić information content (AvgIpc) is 3.46. The molecule has 9 rings (SSSR count). The van der Waals surface area contributed by atoms with Crippen LogP contribution in [0.5, 0.6) is 0 Å². The summed E-state index contributed by atoms with van der Waals surface area (Å²) in [5.74, 6) is 0. The Bertz CT molecular complexity index is 2690. The van der Waals surface area contributed by atoms with E-state index in [4.69, 9.17) is 47.4 Å². The van der Waals surface area contributed by atoms with E-state index in [1.807, 2.05) is 212 Å². The van der Waals surface area contributed by atoms with Crippen LogP contribution < -0.4 is 0 Å². The quantitative estimate of drug-likeness (QED) is 0.0292. The fourth-order valence-corrected chi connectivity index (χ4v) is 9.10. The van der Waals surface area contributed by atoms with Gasteiger partial charge in [-0.2, -0.15) is 0 Å². The number of ether oxygens (including phenoxy) is 10. The lowest BCUT2D eigenvalue weighted by atomic mass is 9.96. The maximum Gasteiger partial charge on any atom is 0.187 e. The monoisotopic (exact) mass is 997 g/mol. The van der Waals surface area contributed by atoms with Crippen molar-refractivity contribution in [2.24, 2.45) is 5.11 Å². The van der Waals surface area contributed by atoms with Crippen LogP contribution in [0.4, 0.5) is 0 Å². The predicted octanol–water partition coefficient (Wildman–Crippen LogP) is 11.5. The summed E-state index contributed by atoms with van der Waals surface area (Å²) < 4.78 is 68.3. The van der Waals surface area contributed by atoms with Gasteiger partial charge in [0.1, 0.15) is 48.8 Å². The molecule has 0 aromatic heterocycles. The van der Waals surface area contributed by atoms with Crippen molar-refractivity contribution >= 4 is 0 Å². The molecule has 0 N–H and O–H groups in total. The van der Waals surface area contributed by atoms with Gasteiger partial charge in [0.15, 0.2) is 12.6 Å². The summed E-state index contributed by atoms with van der Waals surface area (Å²) in [6.07, 6.45) is -7.61. The number of rotatable bonds is 26. The Kier molecular flexibility index (Phi) is 19.9. The van der Waals surface area contributed by atoms with Crippen molar-refractivity contribution in [1.29, 1.82) is 0 Å². The van der Waals surface area contributed by atoms with E-state index in [1.165, 1.54) is 0 Å². The summed E-state index contributed by atoms with van der Waals surface area (Å²) in [5, 5.41) is 4.35. The standard InChI is InChI=1S/C61H63N3O10/c62-64-63-54-57(68-39-48-28-14-4-15-29-48)55(66-37-46-24-10-2-11-25-46)52(43-65-36-45-22-8-1-9-23-45)73-60(54)72-44-53-56(67-38-47-26-12-3-13-27-47)58(69-40-49-30-16-5-17-31-49)59(70-41-50-32-18-6-19-33-50)61(74-53)71-42-51-34-20-7-21-35-51/h1-35,52-61H,36-44H2/t52-,53-,54-,55+,56-,57-,58+,59-,60+,61-/m1/s1.